The van der Waals surface area contributed by atoms with E-state index in [0.29, 0.717) is 11.4 Å². The lowest BCUT2D eigenvalue weighted by molar-refractivity contribution is 0.00383. The first-order valence-corrected chi connectivity index (χ1v) is 5.01. The average molecular weight is 195 g/mol. The van der Waals surface area contributed by atoms with E-state index >= 15 is 0 Å². The number of hydrogen-bond donors (Lipinski definition) is 1. The highest BCUT2D eigenvalue weighted by Crippen LogP contribution is 2.42. The van der Waals surface area contributed by atoms with Crippen molar-refractivity contribution in [2.45, 2.75) is 25.8 Å². The Kier molecular flexibility index (Phi) is 2.46. The van der Waals surface area contributed by atoms with Crippen LogP contribution in [0.2, 0.25) is 0 Å². The van der Waals surface area contributed by atoms with Crippen LogP contribution in [0.15, 0.2) is 12.4 Å². The fraction of sp³-hybridized carbons (Fsp3) is 0.700. The monoisotopic (exact) mass is 195 g/mol. The highest BCUT2D eigenvalue weighted by molar-refractivity contribution is 5.17. The Morgan fingerprint density at radius 2 is 2.43 bits per heavy atom. The average Bonchev–Trinajstić information content (AvgIpc) is 2.48. The highest BCUT2D eigenvalue weighted by atomic mass is 16.5. The van der Waals surface area contributed by atoms with Crippen molar-refractivity contribution in [1.82, 2.24) is 9.55 Å². The van der Waals surface area contributed by atoms with Crippen LogP contribution >= 0.6 is 0 Å². The van der Waals surface area contributed by atoms with Gasteiger partial charge >= 0.3 is 0 Å². The van der Waals surface area contributed by atoms with Crippen LogP contribution in [-0.4, -0.2) is 23.3 Å². The van der Waals surface area contributed by atoms with Crippen LogP contribution < -0.4 is 5.73 Å². The SMILES string of the molecule is COCC1(Cn2ccnc2N)CCC1. The van der Waals surface area contributed by atoms with Crippen molar-refractivity contribution in [3.8, 4) is 0 Å². The molecule has 14 heavy (non-hydrogen) atoms. The second kappa shape index (κ2) is 3.61. The van der Waals surface area contributed by atoms with E-state index in [2.05, 4.69) is 4.98 Å². The quantitative estimate of drug-likeness (QED) is 0.787. The van der Waals surface area contributed by atoms with Crippen LogP contribution in [-0.2, 0) is 11.3 Å². The molecule has 2 N–H and O–H groups in total. The zero-order chi connectivity index (χ0) is 10.0. The maximum absolute atomic E-state index is 5.73. The van der Waals surface area contributed by atoms with Crippen molar-refractivity contribution in [1.29, 1.82) is 0 Å². The minimum Gasteiger partial charge on any atom is -0.384 e. The molecule has 0 radical (unpaired) electrons. The van der Waals surface area contributed by atoms with E-state index in [1.165, 1.54) is 19.3 Å². The summed E-state index contributed by atoms with van der Waals surface area (Å²) < 4.78 is 7.28. The van der Waals surface area contributed by atoms with Gasteiger partial charge in [-0.1, -0.05) is 6.42 Å². The second-order valence-electron chi connectivity index (χ2n) is 4.20. The molecule has 1 aromatic heterocycles. The molecule has 0 atom stereocenters. The van der Waals surface area contributed by atoms with Gasteiger partial charge in [0.15, 0.2) is 5.95 Å². The van der Waals surface area contributed by atoms with E-state index in [0.717, 1.165) is 13.2 Å². The second-order valence-corrected chi connectivity index (χ2v) is 4.20. The molecule has 4 heteroatoms. The molecule has 0 aromatic carbocycles. The Morgan fingerprint density at radius 3 is 2.86 bits per heavy atom. The summed E-state index contributed by atoms with van der Waals surface area (Å²) in [4.78, 5) is 4.02. The third-order valence-electron chi connectivity index (χ3n) is 3.12. The highest BCUT2D eigenvalue weighted by Gasteiger charge is 2.37. The summed E-state index contributed by atoms with van der Waals surface area (Å²) in [7, 11) is 1.76. The number of anilines is 1. The minimum absolute atomic E-state index is 0.309. The maximum atomic E-state index is 5.73. The van der Waals surface area contributed by atoms with Gasteiger partial charge in [-0.25, -0.2) is 4.98 Å². The Bertz CT molecular complexity index is 304. The lowest BCUT2D eigenvalue weighted by Crippen LogP contribution is -2.38. The van der Waals surface area contributed by atoms with Gasteiger partial charge in [0.2, 0.25) is 0 Å². The van der Waals surface area contributed by atoms with Gasteiger partial charge in [0.1, 0.15) is 0 Å². The molecule has 1 aromatic rings. The van der Waals surface area contributed by atoms with Crippen molar-refractivity contribution in [2.24, 2.45) is 5.41 Å². The minimum atomic E-state index is 0.309. The van der Waals surface area contributed by atoms with Crippen molar-refractivity contribution >= 4 is 5.95 Å². The molecule has 0 amide bonds. The number of nitrogens with zero attached hydrogens (tertiary/aromatic N) is 2. The summed E-state index contributed by atoms with van der Waals surface area (Å²) in [5.74, 6) is 0.604. The molecule has 1 aliphatic rings. The molecule has 1 saturated carbocycles. The molecular weight excluding hydrogens is 178 g/mol. The number of hydrogen-bond acceptors (Lipinski definition) is 3. The van der Waals surface area contributed by atoms with E-state index in [9.17, 15) is 0 Å². The molecular formula is C10H17N3O. The summed E-state index contributed by atoms with van der Waals surface area (Å²) in [6.07, 6.45) is 7.45. The molecule has 0 spiro atoms. The van der Waals surface area contributed by atoms with E-state index in [-0.39, 0.29) is 0 Å². The zero-order valence-electron chi connectivity index (χ0n) is 8.57. The molecule has 4 nitrogen and oxygen atoms in total. The smallest absolute Gasteiger partial charge is 0.200 e. The van der Waals surface area contributed by atoms with Gasteiger partial charge in [0.25, 0.3) is 0 Å². The van der Waals surface area contributed by atoms with E-state index in [1.807, 2.05) is 10.8 Å². The van der Waals surface area contributed by atoms with Gasteiger partial charge in [-0.05, 0) is 12.8 Å². The fourth-order valence-corrected chi connectivity index (χ4v) is 2.17. The Balaban J connectivity index is 2.05. The van der Waals surface area contributed by atoms with Crippen molar-refractivity contribution in [3.63, 3.8) is 0 Å². The topological polar surface area (TPSA) is 53.1 Å². The third-order valence-corrected chi connectivity index (χ3v) is 3.12. The van der Waals surface area contributed by atoms with Crippen LogP contribution in [0, 0.1) is 5.41 Å². The fourth-order valence-electron chi connectivity index (χ4n) is 2.17. The molecule has 0 saturated heterocycles. The maximum Gasteiger partial charge on any atom is 0.200 e. The molecule has 1 heterocycles. The summed E-state index contributed by atoms with van der Waals surface area (Å²) in [6.45, 7) is 1.76. The van der Waals surface area contributed by atoms with Gasteiger partial charge in [-0.2, -0.15) is 0 Å². The standard InChI is InChI=1S/C10H17N3O/c1-14-8-10(3-2-4-10)7-13-6-5-12-9(13)11/h5-6H,2-4,7-8H2,1H3,(H2,11,12). The van der Waals surface area contributed by atoms with E-state index in [4.69, 9.17) is 10.5 Å². The molecule has 2 rings (SSSR count). The number of ether oxygens (including phenoxy) is 1. The lowest BCUT2D eigenvalue weighted by Gasteiger charge is -2.41. The number of rotatable bonds is 4. The first-order chi connectivity index (χ1) is 6.76. The first-order valence-electron chi connectivity index (χ1n) is 5.01. The summed E-state index contributed by atoms with van der Waals surface area (Å²) in [5, 5.41) is 0. The van der Waals surface area contributed by atoms with Crippen LogP contribution in [0.25, 0.3) is 0 Å². The predicted molar refractivity (Wildman–Crippen MR) is 54.8 cm³/mol. The van der Waals surface area contributed by atoms with Crippen molar-refractivity contribution in [3.05, 3.63) is 12.4 Å². The van der Waals surface area contributed by atoms with E-state index < -0.39 is 0 Å². The number of aromatic nitrogens is 2. The Hall–Kier alpha value is -1.03. The Labute approximate surface area is 84.1 Å². The van der Waals surface area contributed by atoms with Crippen LogP contribution in [0.4, 0.5) is 5.95 Å². The van der Waals surface area contributed by atoms with Crippen molar-refractivity contribution < 1.29 is 4.74 Å². The molecule has 1 aliphatic carbocycles. The molecule has 1 fully saturated rings. The first kappa shape index (κ1) is 9.52. The number of nitrogen functional groups attached to an aromatic ring is 1. The lowest BCUT2D eigenvalue weighted by atomic mass is 9.69. The van der Waals surface area contributed by atoms with Gasteiger partial charge in [-0.3, -0.25) is 0 Å². The third kappa shape index (κ3) is 1.62. The molecule has 0 bridgehead atoms. The molecule has 0 aliphatic heterocycles. The number of nitrogens with two attached hydrogens (primary N) is 1. The van der Waals surface area contributed by atoms with Gasteiger partial charge in [-0.15, -0.1) is 0 Å². The zero-order valence-corrected chi connectivity index (χ0v) is 8.57. The van der Waals surface area contributed by atoms with E-state index in [1.54, 1.807) is 13.3 Å². The largest absolute Gasteiger partial charge is 0.384 e. The Morgan fingerprint density at radius 1 is 1.64 bits per heavy atom. The van der Waals surface area contributed by atoms with Crippen LogP contribution in [0.3, 0.4) is 0 Å². The van der Waals surface area contributed by atoms with Crippen LogP contribution in [0.5, 0.6) is 0 Å². The number of methoxy groups -OCH3 is 1. The molecule has 0 unspecified atom stereocenters. The summed E-state index contributed by atoms with van der Waals surface area (Å²) in [5.41, 5.74) is 6.04. The van der Waals surface area contributed by atoms with Gasteiger partial charge < -0.3 is 15.0 Å². The van der Waals surface area contributed by atoms with Gasteiger partial charge in [0.05, 0.1) is 6.61 Å². The van der Waals surface area contributed by atoms with Crippen LogP contribution in [0.1, 0.15) is 19.3 Å². The normalized spacial score (nSPS) is 19.2. The summed E-state index contributed by atoms with van der Waals surface area (Å²) >= 11 is 0. The number of imidazole rings is 1. The van der Waals surface area contributed by atoms with Crippen molar-refractivity contribution in [2.75, 3.05) is 19.5 Å². The van der Waals surface area contributed by atoms with Gasteiger partial charge in [0, 0.05) is 31.5 Å². The molecule has 78 valence electrons. The predicted octanol–water partition coefficient (Wildman–Crippen LogP) is 1.28. The summed E-state index contributed by atoms with van der Waals surface area (Å²) in [6, 6.07) is 0.